The van der Waals surface area contributed by atoms with Crippen LogP contribution in [0.1, 0.15) is 27.3 Å². The van der Waals surface area contributed by atoms with Crippen molar-refractivity contribution >= 4 is 16.9 Å². The van der Waals surface area contributed by atoms with Crippen LogP contribution in [0.5, 0.6) is 5.75 Å². The predicted molar refractivity (Wildman–Crippen MR) is 107 cm³/mol. The van der Waals surface area contributed by atoms with Gasteiger partial charge in [-0.25, -0.2) is 15.0 Å². The molecule has 29 heavy (non-hydrogen) atoms. The number of aromatic nitrogens is 4. The fraction of sp³-hybridized carbons (Fsp3) is 0.0952. The number of rotatable bonds is 3. The molecule has 4 rings (SSSR count). The molecular formula is C21H16N6O2. The molecule has 3 heterocycles. The third kappa shape index (κ3) is 2.95. The quantitative estimate of drug-likeness (QED) is 0.496. The molecule has 4 aromatic rings. The van der Waals surface area contributed by atoms with Crippen LogP contribution in [0.15, 0.2) is 36.8 Å². The average molecular weight is 384 g/mol. The van der Waals surface area contributed by atoms with E-state index in [-0.39, 0.29) is 11.6 Å². The van der Waals surface area contributed by atoms with Gasteiger partial charge < -0.3 is 15.8 Å². The smallest absolute Gasteiger partial charge is 0.286 e. The Labute approximate surface area is 165 Å². The Kier molecular flexibility index (Phi) is 4.20. The van der Waals surface area contributed by atoms with Crippen molar-refractivity contribution in [3.05, 3.63) is 59.3 Å². The molecule has 0 radical (unpaired) electrons. The van der Waals surface area contributed by atoms with Gasteiger partial charge in [-0.1, -0.05) is 6.07 Å². The largest absolute Gasteiger partial charge is 0.508 e. The number of benzene rings is 1. The maximum absolute atomic E-state index is 11.1. The molecule has 3 aromatic heterocycles. The van der Waals surface area contributed by atoms with Crippen LogP contribution in [-0.4, -0.2) is 30.9 Å². The lowest BCUT2D eigenvalue weighted by atomic mass is 9.92. The predicted octanol–water partition coefficient (Wildman–Crippen LogP) is 2.98. The number of H-pyrrole nitrogens is 1. The number of hydrogen-bond donors (Lipinski definition) is 3. The first-order valence-electron chi connectivity index (χ1n) is 8.74. The van der Waals surface area contributed by atoms with Crippen LogP contribution in [-0.2, 0) is 0 Å². The second kappa shape index (κ2) is 6.73. The summed E-state index contributed by atoms with van der Waals surface area (Å²) in [6.07, 6.45) is 4.59. The molecule has 8 nitrogen and oxygen atoms in total. The highest BCUT2D eigenvalue weighted by Crippen LogP contribution is 2.37. The normalized spacial score (nSPS) is 10.8. The third-order valence-electron chi connectivity index (χ3n) is 4.87. The Morgan fingerprint density at radius 2 is 1.90 bits per heavy atom. The van der Waals surface area contributed by atoms with Gasteiger partial charge in [-0.05, 0) is 42.7 Å². The number of nitriles is 1. The van der Waals surface area contributed by atoms with Gasteiger partial charge in [0, 0.05) is 35.1 Å². The number of nitrogens with zero attached hydrogens (tertiary/aromatic N) is 4. The highest BCUT2D eigenvalue weighted by Gasteiger charge is 2.18. The van der Waals surface area contributed by atoms with Gasteiger partial charge in [0.05, 0.1) is 11.3 Å². The van der Waals surface area contributed by atoms with E-state index in [1.807, 2.05) is 19.9 Å². The monoisotopic (exact) mass is 384 g/mol. The van der Waals surface area contributed by atoms with E-state index in [0.717, 1.165) is 11.1 Å². The van der Waals surface area contributed by atoms with Crippen molar-refractivity contribution in [1.29, 1.82) is 5.26 Å². The molecule has 0 fully saturated rings. The van der Waals surface area contributed by atoms with Crippen molar-refractivity contribution < 1.29 is 9.90 Å². The van der Waals surface area contributed by atoms with E-state index in [0.29, 0.717) is 39.0 Å². The minimum absolute atomic E-state index is 0.0715. The summed E-state index contributed by atoms with van der Waals surface area (Å²) in [5, 5.41) is 20.6. The van der Waals surface area contributed by atoms with Gasteiger partial charge in [0.1, 0.15) is 17.5 Å². The van der Waals surface area contributed by atoms with Crippen LogP contribution in [0, 0.1) is 25.2 Å². The second-order valence-electron chi connectivity index (χ2n) is 6.67. The first kappa shape index (κ1) is 18.1. The minimum Gasteiger partial charge on any atom is -0.508 e. The summed E-state index contributed by atoms with van der Waals surface area (Å²) in [6.45, 7) is 3.73. The van der Waals surface area contributed by atoms with Crippen molar-refractivity contribution in [2.75, 3.05) is 0 Å². The van der Waals surface area contributed by atoms with Gasteiger partial charge in [0.2, 0.25) is 5.82 Å². The van der Waals surface area contributed by atoms with Gasteiger partial charge in [-0.3, -0.25) is 4.79 Å². The van der Waals surface area contributed by atoms with E-state index < -0.39 is 5.91 Å². The summed E-state index contributed by atoms with van der Waals surface area (Å²) in [5.74, 6) is -0.614. The summed E-state index contributed by atoms with van der Waals surface area (Å²) in [4.78, 5) is 26.7. The number of primary amides is 1. The molecule has 8 heteroatoms. The van der Waals surface area contributed by atoms with Crippen molar-refractivity contribution in [3.63, 3.8) is 0 Å². The lowest BCUT2D eigenvalue weighted by molar-refractivity contribution is 0.0990. The Bertz CT molecular complexity index is 1320. The van der Waals surface area contributed by atoms with E-state index in [4.69, 9.17) is 5.73 Å². The van der Waals surface area contributed by atoms with E-state index in [2.05, 4.69) is 26.0 Å². The zero-order valence-electron chi connectivity index (χ0n) is 15.7. The number of nitrogens with one attached hydrogen (secondary N) is 1. The summed E-state index contributed by atoms with van der Waals surface area (Å²) in [5.41, 5.74) is 10.5. The number of nitrogens with two attached hydrogens (primary N) is 1. The van der Waals surface area contributed by atoms with Crippen LogP contribution >= 0.6 is 0 Å². The molecule has 0 unspecified atom stereocenters. The Hall–Kier alpha value is -4.25. The third-order valence-corrected chi connectivity index (χ3v) is 4.87. The van der Waals surface area contributed by atoms with E-state index in [1.54, 1.807) is 18.3 Å². The number of aromatic amines is 1. The molecule has 1 aromatic carbocycles. The SMILES string of the molecule is Cc1ccc(O)c(C)c1-c1cnc2[nH]c(-c3cnc(C(N)=O)nc3)cc2c1C#N. The lowest BCUT2D eigenvalue weighted by Gasteiger charge is -2.13. The zero-order chi connectivity index (χ0) is 20.7. The number of carbonyl (C=O) groups excluding carboxylic acids is 1. The number of pyridine rings is 1. The molecule has 0 aliphatic heterocycles. The second-order valence-corrected chi connectivity index (χ2v) is 6.67. The molecular weight excluding hydrogens is 368 g/mol. The van der Waals surface area contributed by atoms with Crippen LogP contribution in [0.3, 0.4) is 0 Å². The molecule has 0 atom stereocenters. The standard InChI is InChI=1S/C21H16N6O2/c1-10-3-4-17(28)11(2)18(10)15-9-26-20-13(14(15)6-22)5-16(27-20)12-7-24-21(19(23)29)25-8-12/h3-5,7-9,28H,1-2H3,(H2,23,29)(H,26,27). The van der Waals surface area contributed by atoms with Gasteiger partial charge in [0.25, 0.3) is 5.91 Å². The number of carbonyl (C=O) groups is 1. The van der Waals surface area contributed by atoms with Crippen molar-refractivity contribution in [1.82, 2.24) is 19.9 Å². The average Bonchev–Trinajstić information content (AvgIpc) is 3.15. The van der Waals surface area contributed by atoms with Crippen LogP contribution in [0.4, 0.5) is 0 Å². The first-order valence-corrected chi connectivity index (χ1v) is 8.74. The maximum Gasteiger partial charge on any atom is 0.286 e. The maximum atomic E-state index is 11.1. The first-order chi connectivity index (χ1) is 13.9. The summed E-state index contributed by atoms with van der Waals surface area (Å²) < 4.78 is 0. The molecule has 0 saturated heterocycles. The highest BCUT2D eigenvalue weighted by molar-refractivity contribution is 5.94. The molecule has 0 saturated carbocycles. The van der Waals surface area contributed by atoms with Gasteiger partial charge >= 0.3 is 0 Å². The summed E-state index contributed by atoms with van der Waals surface area (Å²) in [7, 11) is 0. The summed E-state index contributed by atoms with van der Waals surface area (Å²) >= 11 is 0. The van der Waals surface area contributed by atoms with Crippen molar-refractivity contribution in [2.24, 2.45) is 5.73 Å². The lowest BCUT2D eigenvalue weighted by Crippen LogP contribution is -2.14. The van der Waals surface area contributed by atoms with Gasteiger partial charge in [-0.2, -0.15) is 5.26 Å². The van der Waals surface area contributed by atoms with Crippen molar-refractivity contribution in [2.45, 2.75) is 13.8 Å². The van der Waals surface area contributed by atoms with E-state index >= 15 is 0 Å². The molecule has 142 valence electrons. The highest BCUT2D eigenvalue weighted by atomic mass is 16.3. The molecule has 0 bridgehead atoms. The molecule has 1 amide bonds. The zero-order valence-corrected chi connectivity index (χ0v) is 15.7. The number of amides is 1. The molecule has 4 N–H and O–H groups in total. The molecule has 0 aliphatic rings. The Balaban J connectivity index is 1.90. The summed E-state index contributed by atoms with van der Waals surface area (Å²) in [6, 6.07) is 7.50. The number of aryl methyl sites for hydroxylation is 1. The number of phenols is 1. The number of aromatic hydroxyl groups is 1. The number of phenolic OH excluding ortho intramolecular Hbond substituents is 1. The van der Waals surface area contributed by atoms with Crippen molar-refractivity contribution in [3.8, 4) is 34.2 Å². The van der Waals surface area contributed by atoms with E-state index in [9.17, 15) is 15.2 Å². The topological polar surface area (TPSA) is 142 Å². The fourth-order valence-corrected chi connectivity index (χ4v) is 3.39. The Morgan fingerprint density at radius 3 is 2.55 bits per heavy atom. The van der Waals surface area contributed by atoms with Crippen LogP contribution in [0.25, 0.3) is 33.4 Å². The van der Waals surface area contributed by atoms with Crippen LogP contribution in [0.2, 0.25) is 0 Å². The molecule has 0 spiro atoms. The number of fused-ring (bicyclic) bond motifs is 1. The number of hydrogen-bond acceptors (Lipinski definition) is 6. The van der Waals surface area contributed by atoms with Gasteiger partial charge in [0.15, 0.2) is 0 Å². The molecule has 0 aliphatic carbocycles. The van der Waals surface area contributed by atoms with Crippen LogP contribution < -0.4 is 5.73 Å². The fourth-order valence-electron chi connectivity index (χ4n) is 3.39. The Morgan fingerprint density at radius 1 is 1.17 bits per heavy atom. The minimum atomic E-state index is -0.705. The van der Waals surface area contributed by atoms with E-state index in [1.165, 1.54) is 12.4 Å². The van der Waals surface area contributed by atoms with Gasteiger partial charge in [-0.15, -0.1) is 0 Å².